The summed E-state index contributed by atoms with van der Waals surface area (Å²) < 4.78 is 63.8. The van der Waals surface area contributed by atoms with Crippen molar-refractivity contribution >= 4 is 46.5 Å². The lowest BCUT2D eigenvalue weighted by Gasteiger charge is -2.27. The van der Waals surface area contributed by atoms with Crippen LogP contribution in [0.25, 0.3) is 4.91 Å². The maximum atomic E-state index is 13.8. The van der Waals surface area contributed by atoms with Gasteiger partial charge in [0, 0.05) is 20.9 Å². The molecule has 0 bridgehead atoms. The van der Waals surface area contributed by atoms with Gasteiger partial charge in [0.1, 0.15) is 4.91 Å². The Hall–Kier alpha value is -2.53. The molecule has 0 radical (unpaired) electrons. The van der Waals surface area contributed by atoms with Crippen molar-refractivity contribution in [2.24, 2.45) is 4.99 Å². The van der Waals surface area contributed by atoms with Crippen molar-refractivity contribution in [3.63, 3.8) is 0 Å². The smallest absolute Gasteiger partial charge is 0.300 e. The highest BCUT2D eigenvalue weighted by molar-refractivity contribution is 9.10. The largest absolute Gasteiger partial charge is 0.398 e. The molecule has 3 N–H and O–H groups in total. The summed E-state index contributed by atoms with van der Waals surface area (Å²) in [5.74, 6) is 0. The number of hydrogen-bond donors (Lipinski definition) is 2. The summed E-state index contributed by atoms with van der Waals surface area (Å²) in [6.45, 7) is 0. The van der Waals surface area contributed by atoms with Gasteiger partial charge in [0.05, 0.1) is 10.3 Å². The second-order valence-corrected chi connectivity index (χ2v) is 10.9. The Morgan fingerprint density at radius 2 is 1.53 bits per heavy atom. The van der Waals surface area contributed by atoms with E-state index in [-0.39, 0.29) is 21.0 Å². The fourth-order valence-corrected chi connectivity index (χ4v) is 7.38. The van der Waals surface area contributed by atoms with Gasteiger partial charge in [-0.1, -0.05) is 48.5 Å². The van der Waals surface area contributed by atoms with Crippen molar-refractivity contribution in [2.75, 3.05) is 5.73 Å². The van der Waals surface area contributed by atoms with E-state index in [2.05, 4.69) is 20.9 Å². The number of benzene rings is 3. The first-order valence-corrected chi connectivity index (χ1v) is 12.3. The van der Waals surface area contributed by atoms with Gasteiger partial charge in [0.15, 0.2) is 0 Å². The minimum atomic E-state index is -5.06. The van der Waals surface area contributed by atoms with Crippen molar-refractivity contribution in [3.8, 4) is 0 Å². The van der Waals surface area contributed by atoms with E-state index in [1.54, 1.807) is 30.3 Å². The van der Waals surface area contributed by atoms with Gasteiger partial charge >= 0.3 is 10.1 Å². The van der Waals surface area contributed by atoms with Crippen LogP contribution in [-0.2, 0) is 24.8 Å². The number of hydrogen-bond acceptors (Lipinski definition) is 6. The van der Waals surface area contributed by atoms with Crippen LogP contribution >= 0.6 is 15.9 Å². The second kappa shape index (κ2) is 7.02. The first-order chi connectivity index (χ1) is 14.1. The standard InChI is InChI=1S/C20H15BrN2O5S2/c21-16-12-14(10-11-17(16)22)29(24,25)19-15-8-4-5-9-18(15)23-20(19,30(26,27)28)13-6-2-1-3-7-13/h1-12H,22H2,(H,26,27,28). The number of nitrogens with zero attached hydrogens (tertiary/aromatic N) is 1. The predicted molar refractivity (Wildman–Crippen MR) is 116 cm³/mol. The molecule has 0 aromatic heterocycles. The highest BCUT2D eigenvalue weighted by atomic mass is 79.9. The molecule has 1 unspecified atom stereocenters. The van der Waals surface area contributed by atoms with Gasteiger partial charge in [-0.2, -0.15) is 8.42 Å². The molecule has 4 rings (SSSR count). The van der Waals surface area contributed by atoms with Crippen LogP contribution in [0.3, 0.4) is 0 Å². The fourth-order valence-electron chi connectivity index (χ4n) is 3.47. The van der Waals surface area contributed by atoms with E-state index >= 15 is 0 Å². The summed E-state index contributed by atoms with van der Waals surface area (Å²) in [5.41, 5.74) is 6.10. The molecule has 1 aliphatic heterocycles. The lowest BCUT2D eigenvalue weighted by molar-refractivity contribution is 0.455. The number of para-hydroxylation sites is 1. The number of fused-ring (bicyclic) bond motifs is 1. The van der Waals surface area contributed by atoms with E-state index in [1.807, 2.05) is 0 Å². The Labute approximate surface area is 181 Å². The summed E-state index contributed by atoms with van der Waals surface area (Å²) in [7, 11) is -9.49. The number of nitrogens with two attached hydrogens (primary N) is 1. The third-order valence-electron chi connectivity index (χ3n) is 4.82. The summed E-state index contributed by atoms with van der Waals surface area (Å²) in [6.07, 6.45) is 0. The van der Waals surface area contributed by atoms with Crippen molar-refractivity contribution < 1.29 is 21.4 Å². The Morgan fingerprint density at radius 1 is 0.900 bits per heavy atom. The maximum absolute atomic E-state index is 13.8. The molecular weight excluding hydrogens is 492 g/mol. The van der Waals surface area contributed by atoms with Crippen LogP contribution in [0.5, 0.6) is 0 Å². The van der Waals surface area contributed by atoms with E-state index in [0.29, 0.717) is 10.2 Å². The zero-order chi connectivity index (χ0) is 21.7. The van der Waals surface area contributed by atoms with Gasteiger partial charge in [-0.3, -0.25) is 4.55 Å². The second-order valence-electron chi connectivity index (χ2n) is 6.63. The molecule has 1 atom stereocenters. The van der Waals surface area contributed by atoms with Crippen LogP contribution in [0.1, 0.15) is 5.56 Å². The molecule has 3 aromatic carbocycles. The van der Waals surface area contributed by atoms with E-state index < -0.39 is 29.7 Å². The minimum absolute atomic E-state index is 0.0109. The van der Waals surface area contributed by atoms with E-state index in [4.69, 9.17) is 5.73 Å². The molecule has 1 heterocycles. The van der Waals surface area contributed by atoms with Crippen LogP contribution in [0, 0.1) is 0 Å². The SMILES string of the molecule is Nc1ccc(S(=O)(=O)C2=c3ccccc3=NC2(c2ccccc2)S(=O)(=O)O)cc1Br. The number of sulfone groups is 1. The molecular formula is C20H15BrN2O5S2. The molecule has 0 aliphatic carbocycles. The van der Waals surface area contributed by atoms with E-state index in [0.717, 1.165) is 0 Å². The summed E-state index contributed by atoms with van der Waals surface area (Å²) in [5, 5.41) is 0.249. The number of halogens is 1. The molecule has 0 fully saturated rings. The quantitative estimate of drug-likeness (QED) is 0.411. The lowest BCUT2D eigenvalue weighted by atomic mass is 10.1. The number of rotatable bonds is 4. The Balaban J connectivity index is 2.19. The highest BCUT2D eigenvalue weighted by Crippen LogP contribution is 2.45. The number of nitrogen functional groups attached to an aromatic ring is 1. The first-order valence-electron chi connectivity index (χ1n) is 8.61. The van der Waals surface area contributed by atoms with Crippen molar-refractivity contribution in [3.05, 3.63) is 93.4 Å². The summed E-state index contributed by atoms with van der Waals surface area (Å²) in [4.78, 5) is 0.993. The minimum Gasteiger partial charge on any atom is -0.398 e. The van der Waals surface area contributed by atoms with Crippen LogP contribution < -0.4 is 16.3 Å². The summed E-state index contributed by atoms with van der Waals surface area (Å²) in [6, 6.07) is 17.7. The third-order valence-corrected chi connectivity index (χ3v) is 8.84. The van der Waals surface area contributed by atoms with E-state index in [9.17, 15) is 21.4 Å². The topological polar surface area (TPSA) is 127 Å². The van der Waals surface area contributed by atoms with E-state index in [1.165, 1.54) is 42.5 Å². The maximum Gasteiger partial charge on any atom is 0.300 e. The molecule has 30 heavy (non-hydrogen) atoms. The van der Waals surface area contributed by atoms with Gasteiger partial charge in [-0.05, 0) is 40.2 Å². The Morgan fingerprint density at radius 3 is 2.17 bits per heavy atom. The zero-order valence-corrected chi connectivity index (χ0v) is 18.4. The lowest BCUT2D eigenvalue weighted by Crippen LogP contribution is -2.38. The van der Waals surface area contributed by atoms with Crippen LogP contribution in [0.2, 0.25) is 0 Å². The molecule has 154 valence electrons. The Bertz CT molecular complexity index is 1500. The molecule has 1 aliphatic rings. The summed E-state index contributed by atoms with van der Waals surface area (Å²) >= 11 is 3.20. The normalized spacial score (nSPS) is 18.7. The average Bonchev–Trinajstić information content (AvgIpc) is 3.08. The molecule has 7 nitrogen and oxygen atoms in total. The van der Waals surface area contributed by atoms with Crippen molar-refractivity contribution in [2.45, 2.75) is 9.77 Å². The van der Waals surface area contributed by atoms with Gasteiger partial charge in [-0.15, -0.1) is 0 Å². The molecule has 0 saturated carbocycles. The molecule has 0 amide bonds. The van der Waals surface area contributed by atoms with Gasteiger partial charge in [0.25, 0.3) is 0 Å². The highest BCUT2D eigenvalue weighted by Gasteiger charge is 2.55. The van der Waals surface area contributed by atoms with Crippen molar-refractivity contribution in [1.29, 1.82) is 0 Å². The monoisotopic (exact) mass is 506 g/mol. The number of anilines is 1. The Kier molecular flexibility index (Phi) is 4.85. The molecule has 10 heteroatoms. The zero-order valence-electron chi connectivity index (χ0n) is 15.2. The predicted octanol–water partition coefficient (Wildman–Crippen LogP) is 1.99. The fraction of sp³-hybridized carbons (Fsp3) is 0.0500. The first kappa shape index (κ1) is 20.7. The van der Waals surface area contributed by atoms with Gasteiger partial charge in [-0.25, -0.2) is 13.4 Å². The van der Waals surface area contributed by atoms with Crippen LogP contribution in [0.4, 0.5) is 5.69 Å². The molecule has 0 spiro atoms. The molecule has 0 saturated heterocycles. The third kappa shape index (κ3) is 2.99. The van der Waals surface area contributed by atoms with Crippen LogP contribution in [0.15, 0.2) is 87.2 Å². The molecule has 3 aromatic rings. The van der Waals surface area contributed by atoms with Crippen molar-refractivity contribution in [1.82, 2.24) is 0 Å². The van der Waals surface area contributed by atoms with Gasteiger partial charge in [0.2, 0.25) is 14.7 Å². The van der Waals surface area contributed by atoms with Crippen LogP contribution in [-0.4, -0.2) is 21.4 Å². The average molecular weight is 507 g/mol. The van der Waals surface area contributed by atoms with Gasteiger partial charge < -0.3 is 5.73 Å².